The molecule has 1 amide bonds. The van der Waals surface area contributed by atoms with Crippen molar-refractivity contribution < 1.29 is 54.8 Å². The molecule has 0 aromatic heterocycles. The van der Waals surface area contributed by atoms with E-state index in [0.717, 1.165) is 6.42 Å². The van der Waals surface area contributed by atoms with Crippen LogP contribution in [0.1, 0.15) is 26.7 Å². The molecule has 0 aromatic rings. The van der Waals surface area contributed by atoms with Crippen LogP contribution in [-0.2, 0) is 19.0 Å². The third-order valence-corrected chi connectivity index (χ3v) is 6.33. The second-order valence-electron chi connectivity index (χ2n) is 9.40. The van der Waals surface area contributed by atoms with Crippen molar-refractivity contribution in [2.45, 2.75) is 81.5 Å². The topological polar surface area (TPSA) is 190 Å². The van der Waals surface area contributed by atoms with E-state index in [-0.39, 0.29) is 18.4 Å². The van der Waals surface area contributed by atoms with Gasteiger partial charge < -0.3 is 54.9 Å². The van der Waals surface area contributed by atoms with Crippen LogP contribution in [0, 0.1) is 11.8 Å². The lowest BCUT2D eigenvalue weighted by atomic mass is 9.96. The number of ether oxygens (including phenoxy) is 3. The van der Waals surface area contributed by atoms with Crippen LogP contribution in [0.2, 0.25) is 0 Å². The van der Waals surface area contributed by atoms with Gasteiger partial charge >= 0.3 is 0 Å². The summed E-state index contributed by atoms with van der Waals surface area (Å²) >= 11 is 0. The van der Waals surface area contributed by atoms with Gasteiger partial charge in [0.2, 0.25) is 11.7 Å². The molecule has 3 rings (SSSR count). The molecule has 1 unspecified atom stereocenters. The highest BCUT2D eigenvalue weighted by molar-refractivity contribution is 5.78. The van der Waals surface area contributed by atoms with Crippen LogP contribution in [0.5, 0.6) is 0 Å². The Labute approximate surface area is 185 Å². The monoisotopic (exact) mass is 465 g/mol. The smallest absolute Gasteiger partial charge is 0.223 e. The number of aliphatic hydroxyl groups excluding tert-OH is 6. The van der Waals surface area contributed by atoms with Crippen molar-refractivity contribution in [2.24, 2.45) is 11.8 Å². The quantitative estimate of drug-likeness (QED) is 0.188. The number of carbonyl (C=O) groups is 1. The van der Waals surface area contributed by atoms with Gasteiger partial charge in [-0.3, -0.25) is 4.79 Å². The van der Waals surface area contributed by atoms with Gasteiger partial charge in [0.25, 0.3) is 0 Å². The number of β-amino-alcohol motifs (C(OH)–C–C–N with tert-alkyl or cyclic N) is 1. The zero-order chi connectivity index (χ0) is 23.8. The number of hydrogen-bond donors (Lipinski definition) is 7. The molecule has 3 heterocycles. The summed E-state index contributed by atoms with van der Waals surface area (Å²) in [6, 6.07) is 0. The maximum absolute atomic E-state index is 12.4. The van der Waals surface area contributed by atoms with Crippen molar-refractivity contribution in [3.05, 3.63) is 0 Å². The van der Waals surface area contributed by atoms with Crippen LogP contribution in [0.4, 0.5) is 0 Å². The van der Waals surface area contributed by atoms with Gasteiger partial charge in [-0.2, -0.15) is 0 Å². The Balaban J connectivity index is 1.69. The van der Waals surface area contributed by atoms with Crippen LogP contribution < -0.4 is 0 Å². The summed E-state index contributed by atoms with van der Waals surface area (Å²) in [6.07, 6.45) is -11.0. The molecule has 3 aliphatic heterocycles. The number of amides is 1. The second kappa shape index (κ2) is 10.1. The average molecular weight is 465 g/mol. The summed E-state index contributed by atoms with van der Waals surface area (Å²) < 4.78 is 16.3. The Morgan fingerprint density at radius 2 is 1.75 bits per heavy atom. The zero-order valence-corrected chi connectivity index (χ0v) is 18.2. The number of likely N-dealkylation sites (tertiary alicyclic amines) is 1. The molecule has 7 N–H and O–H groups in total. The Kier molecular flexibility index (Phi) is 8.14. The molecule has 3 fully saturated rings. The first-order chi connectivity index (χ1) is 15.0. The van der Waals surface area contributed by atoms with Gasteiger partial charge in [0.1, 0.15) is 42.7 Å². The minimum absolute atomic E-state index is 0.124. The van der Waals surface area contributed by atoms with Crippen molar-refractivity contribution in [3.63, 3.8) is 0 Å². The molecule has 0 bridgehead atoms. The second-order valence-corrected chi connectivity index (χ2v) is 9.40. The van der Waals surface area contributed by atoms with E-state index in [1.165, 1.54) is 4.90 Å². The predicted octanol–water partition coefficient (Wildman–Crippen LogP) is -3.49. The van der Waals surface area contributed by atoms with Gasteiger partial charge in [-0.05, 0) is 18.3 Å². The van der Waals surface area contributed by atoms with Crippen molar-refractivity contribution in [1.82, 2.24) is 4.90 Å². The van der Waals surface area contributed by atoms with Gasteiger partial charge in [-0.1, -0.05) is 13.8 Å². The first-order valence-electron chi connectivity index (χ1n) is 10.9. The Morgan fingerprint density at radius 1 is 1.09 bits per heavy atom. The van der Waals surface area contributed by atoms with Gasteiger partial charge in [0, 0.05) is 13.0 Å². The van der Waals surface area contributed by atoms with Crippen LogP contribution in [0.15, 0.2) is 0 Å². The lowest BCUT2D eigenvalue weighted by Gasteiger charge is -2.41. The third-order valence-electron chi connectivity index (χ3n) is 6.33. The highest BCUT2D eigenvalue weighted by Gasteiger charge is 2.58. The molecule has 12 nitrogen and oxygen atoms in total. The lowest BCUT2D eigenvalue weighted by molar-refractivity contribution is -0.318. The van der Waals surface area contributed by atoms with E-state index < -0.39 is 68.0 Å². The average Bonchev–Trinajstić information content (AvgIpc) is 3.18. The fraction of sp³-hybridized carbons (Fsp3) is 0.950. The summed E-state index contributed by atoms with van der Waals surface area (Å²) in [5.41, 5.74) is 0. The molecular weight excluding hydrogens is 430 g/mol. The summed E-state index contributed by atoms with van der Waals surface area (Å²) in [5, 5.41) is 70.8. The molecule has 0 radical (unpaired) electrons. The number of carbonyl (C=O) groups excluding carboxylic acids is 1. The van der Waals surface area contributed by atoms with E-state index in [9.17, 15) is 40.5 Å². The van der Waals surface area contributed by atoms with Crippen LogP contribution >= 0.6 is 0 Å². The summed E-state index contributed by atoms with van der Waals surface area (Å²) in [4.78, 5) is 13.8. The summed E-state index contributed by atoms with van der Waals surface area (Å²) in [6.45, 7) is 2.83. The van der Waals surface area contributed by atoms with Gasteiger partial charge in [-0.15, -0.1) is 0 Å². The number of rotatable bonds is 8. The van der Waals surface area contributed by atoms with E-state index in [0.29, 0.717) is 18.9 Å². The zero-order valence-electron chi connectivity index (χ0n) is 18.2. The molecule has 186 valence electrons. The van der Waals surface area contributed by atoms with Crippen molar-refractivity contribution >= 4 is 5.91 Å². The van der Waals surface area contributed by atoms with Crippen LogP contribution in [0.25, 0.3) is 0 Å². The van der Waals surface area contributed by atoms with E-state index in [1.54, 1.807) is 0 Å². The molecule has 0 spiro atoms. The number of hydrogen-bond acceptors (Lipinski definition) is 11. The Bertz CT molecular complexity index is 649. The third kappa shape index (κ3) is 5.09. The minimum Gasteiger partial charge on any atom is -0.394 e. The first kappa shape index (κ1) is 25.7. The Morgan fingerprint density at radius 3 is 2.34 bits per heavy atom. The molecule has 3 saturated heterocycles. The predicted molar refractivity (Wildman–Crippen MR) is 106 cm³/mol. The Hall–Kier alpha value is -0.930. The normalized spacial score (nSPS) is 45.2. The SMILES string of the molecule is CC(C)C[C@@H]1CC(=O)N(C[C@@]2(O)O[C@H](CO)C(O[C@@H]3O[C@H](CO)[C@H](O)[C@H](O)[C@H]3O)[C@@H]2O)C1. The van der Waals surface area contributed by atoms with Crippen molar-refractivity contribution in [1.29, 1.82) is 0 Å². The molecule has 10 atom stereocenters. The maximum Gasteiger partial charge on any atom is 0.223 e. The van der Waals surface area contributed by atoms with Gasteiger partial charge in [0.15, 0.2) is 6.29 Å². The van der Waals surface area contributed by atoms with E-state index >= 15 is 0 Å². The van der Waals surface area contributed by atoms with Crippen molar-refractivity contribution in [3.8, 4) is 0 Å². The van der Waals surface area contributed by atoms with E-state index in [1.807, 2.05) is 0 Å². The highest BCUT2D eigenvalue weighted by Crippen LogP contribution is 2.36. The molecule has 12 heteroatoms. The lowest BCUT2D eigenvalue weighted by Crippen LogP contribution is -2.61. The molecule has 0 aromatic carbocycles. The van der Waals surface area contributed by atoms with E-state index in [2.05, 4.69) is 13.8 Å². The maximum atomic E-state index is 12.4. The largest absolute Gasteiger partial charge is 0.394 e. The number of nitrogens with zero attached hydrogens (tertiary/aromatic N) is 1. The molecule has 0 saturated carbocycles. The first-order valence-corrected chi connectivity index (χ1v) is 10.9. The minimum atomic E-state index is -2.24. The summed E-state index contributed by atoms with van der Waals surface area (Å²) in [7, 11) is 0. The van der Waals surface area contributed by atoms with Crippen molar-refractivity contribution in [2.75, 3.05) is 26.3 Å². The fourth-order valence-corrected chi connectivity index (χ4v) is 4.73. The molecule has 0 aliphatic carbocycles. The molecule has 32 heavy (non-hydrogen) atoms. The molecular formula is C20H35NO11. The number of aliphatic hydroxyl groups is 7. The standard InChI is InChI=1S/C20H35NO11/c1-9(2)3-10-4-13(24)21(5-10)8-20(29)18(28)17(12(7-23)32-20)31-19-16(27)15(26)14(25)11(6-22)30-19/h9-12,14-19,22-23,25-29H,3-8H2,1-2H3/t10-,11-,12-,14+,15+,16-,17?,18+,19+,20-/m1/s1. The van der Waals surface area contributed by atoms with Crippen LogP contribution in [-0.4, -0.2) is 128 Å². The van der Waals surface area contributed by atoms with Crippen LogP contribution in [0.3, 0.4) is 0 Å². The fourth-order valence-electron chi connectivity index (χ4n) is 4.73. The van der Waals surface area contributed by atoms with Gasteiger partial charge in [0.05, 0.1) is 19.8 Å². The summed E-state index contributed by atoms with van der Waals surface area (Å²) in [5.74, 6) is -1.90. The highest BCUT2D eigenvalue weighted by atomic mass is 16.7. The van der Waals surface area contributed by atoms with E-state index in [4.69, 9.17) is 14.2 Å². The van der Waals surface area contributed by atoms with Gasteiger partial charge in [-0.25, -0.2) is 0 Å². The molecule has 3 aliphatic rings.